The lowest BCUT2D eigenvalue weighted by molar-refractivity contribution is 0.433. The maximum absolute atomic E-state index is 14.1. The predicted octanol–water partition coefficient (Wildman–Crippen LogP) is 5.15. The van der Waals surface area contributed by atoms with Crippen molar-refractivity contribution in [3.63, 3.8) is 0 Å². The molecule has 0 spiro atoms. The topological polar surface area (TPSA) is 52.0 Å². The maximum atomic E-state index is 14.1. The van der Waals surface area contributed by atoms with Crippen LogP contribution in [0.1, 0.15) is 0 Å². The highest BCUT2D eigenvalue weighted by Crippen LogP contribution is 2.38. The molecular weight excluding hydrogens is 359 g/mol. The lowest BCUT2D eigenvalue weighted by Gasteiger charge is -2.05. The Labute approximate surface area is 133 Å². The van der Waals surface area contributed by atoms with Gasteiger partial charge < -0.3 is 10.3 Å². The van der Waals surface area contributed by atoms with Gasteiger partial charge in [-0.3, -0.25) is 0 Å². The average molecular weight is 368 g/mol. The minimum absolute atomic E-state index is 0.189. The van der Waals surface area contributed by atoms with E-state index in [1.54, 1.807) is 30.3 Å². The van der Waals surface area contributed by atoms with Crippen molar-refractivity contribution in [1.29, 1.82) is 0 Å². The molecule has 0 aliphatic heterocycles. The van der Waals surface area contributed by atoms with Crippen LogP contribution in [0.5, 0.6) is 0 Å². The number of nitrogen functional groups attached to an aromatic ring is 1. The molecule has 2 N–H and O–H groups in total. The van der Waals surface area contributed by atoms with E-state index in [9.17, 15) is 4.39 Å². The molecule has 0 atom stereocenters. The molecule has 3 rings (SSSR count). The van der Waals surface area contributed by atoms with Crippen LogP contribution in [0.4, 0.5) is 10.2 Å². The molecule has 0 saturated heterocycles. The summed E-state index contributed by atoms with van der Waals surface area (Å²) in [4.78, 5) is 0. The van der Waals surface area contributed by atoms with E-state index in [1.807, 2.05) is 6.07 Å². The predicted molar refractivity (Wildman–Crippen MR) is 84.5 cm³/mol. The van der Waals surface area contributed by atoms with Gasteiger partial charge in [-0.2, -0.15) is 0 Å². The molecule has 0 radical (unpaired) electrons. The first-order valence-electron chi connectivity index (χ1n) is 6.03. The molecule has 0 bridgehead atoms. The summed E-state index contributed by atoms with van der Waals surface area (Å²) in [6.07, 6.45) is 0. The zero-order valence-corrected chi connectivity index (χ0v) is 13.0. The molecule has 0 fully saturated rings. The third-order valence-electron chi connectivity index (χ3n) is 3.01. The monoisotopic (exact) mass is 366 g/mol. The fraction of sp³-hybridized carbons (Fsp3) is 0. The third kappa shape index (κ3) is 2.66. The van der Waals surface area contributed by atoms with Crippen molar-refractivity contribution in [1.82, 2.24) is 5.16 Å². The van der Waals surface area contributed by atoms with Crippen molar-refractivity contribution in [2.24, 2.45) is 0 Å². The number of halogens is 3. The van der Waals surface area contributed by atoms with Crippen LogP contribution in [-0.4, -0.2) is 5.16 Å². The summed E-state index contributed by atoms with van der Waals surface area (Å²) < 4.78 is 20.0. The van der Waals surface area contributed by atoms with Crippen LogP contribution < -0.4 is 5.73 Å². The molecule has 3 nitrogen and oxygen atoms in total. The summed E-state index contributed by atoms with van der Waals surface area (Å²) in [7, 11) is 0. The number of benzene rings is 2. The number of hydrogen-bond donors (Lipinski definition) is 1. The highest BCUT2D eigenvalue weighted by atomic mass is 79.9. The summed E-state index contributed by atoms with van der Waals surface area (Å²) >= 11 is 9.21. The van der Waals surface area contributed by atoms with Gasteiger partial charge in [0.2, 0.25) is 0 Å². The lowest BCUT2D eigenvalue weighted by atomic mass is 10.0. The van der Waals surface area contributed by atoms with Crippen molar-refractivity contribution in [2.75, 3.05) is 5.73 Å². The highest BCUT2D eigenvalue weighted by molar-refractivity contribution is 9.10. The van der Waals surface area contributed by atoms with Crippen LogP contribution in [0.3, 0.4) is 0 Å². The van der Waals surface area contributed by atoms with Crippen molar-refractivity contribution >= 4 is 33.3 Å². The molecule has 0 aliphatic carbocycles. The highest BCUT2D eigenvalue weighted by Gasteiger charge is 2.20. The van der Waals surface area contributed by atoms with Crippen LogP contribution in [0.15, 0.2) is 51.5 Å². The van der Waals surface area contributed by atoms with Gasteiger partial charge in [-0.05, 0) is 35.9 Å². The Morgan fingerprint density at radius 3 is 2.71 bits per heavy atom. The third-order valence-corrected chi connectivity index (χ3v) is 3.74. The Morgan fingerprint density at radius 2 is 2.00 bits per heavy atom. The molecule has 0 saturated carbocycles. The second-order valence-electron chi connectivity index (χ2n) is 4.41. The first kappa shape index (κ1) is 14.1. The summed E-state index contributed by atoms with van der Waals surface area (Å²) in [5.41, 5.74) is 7.40. The number of aromatic nitrogens is 1. The summed E-state index contributed by atoms with van der Waals surface area (Å²) in [5.74, 6) is 0.0400. The van der Waals surface area contributed by atoms with Gasteiger partial charge in [0.05, 0.1) is 11.1 Å². The van der Waals surface area contributed by atoms with Crippen molar-refractivity contribution in [3.8, 4) is 22.5 Å². The van der Waals surface area contributed by atoms with Gasteiger partial charge in [-0.15, -0.1) is 0 Å². The molecule has 3 aromatic rings. The Bertz CT molecular complexity index is 819. The van der Waals surface area contributed by atoms with Gasteiger partial charge in [0.25, 0.3) is 0 Å². The van der Waals surface area contributed by atoms with Crippen LogP contribution in [0, 0.1) is 5.82 Å². The number of anilines is 1. The van der Waals surface area contributed by atoms with Crippen molar-refractivity contribution < 1.29 is 8.91 Å². The molecule has 1 heterocycles. The Kier molecular flexibility index (Phi) is 3.69. The molecule has 6 heteroatoms. The smallest absolute Gasteiger partial charge is 0.179 e. The Balaban J connectivity index is 2.22. The number of nitrogens with zero attached hydrogens (tertiary/aromatic N) is 1. The van der Waals surface area contributed by atoms with Gasteiger partial charge in [0, 0.05) is 9.50 Å². The minimum Gasteiger partial charge on any atom is -0.380 e. The van der Waals surface area contributed by atoms with E-state index in [4.69, 9.17) is 21.9 Å². The van der Waals surface area contributed by atoms with Crippen LogP contribution in [0.25, 0.3) is 22.5 Å². The molecule has 0 amide bonds. The van der Waals surface area contributed by atoms with Gasteiger partial charge in [-0.25, -0.2) is 4.39 Å². The molecule has 106 valence electrons. The molecule has 1 aromatic heterocycles. The molecule has 0 aliphatic rings. The van der Waals surface area contributed by atoms with E-state index in [0.717, 1.165) is 5.56 Å². The standard InChI is InChI=1S/C15H9BrClFN2O/c16-9-4-5-11(12(18)7-9)14-13(15(19)20-21-14)8-2-1-3-10(17)6-8/h1-7H,(H2,19,20). The van der Waals surface area contributed by atoms with E-state index in [0.29, 0.717) is 15.1 Å². The van der Waals surface area contributed by atoms with Crippen LogP contribution in [0.2, 0.25) is 5.02 Å². The number of hydrogen-bond acceptors (Lipinski definition) is 3. The average Bonchev–Trinajstić information content (AvgIpc) is 2.80. The van der Waals surface area contributed by atoms with Gasteiger partial charge in [0.1, 0.15) is 5.82 Å². The number of nitrogens with two attached hydrogens (primary N) is 1. The fourth-order valence-electron chi connectivity index (χ4n) is 2.08. The van der Waals surface area contributed by atoms with Crippen LogP contribution in [-0.2, 0) is 0 Å². The summed E-state index contributed by atoms with van der Waals surface area (Å²) in [5, 5.41) is 4.30. The summed E-state index contributed by atoms with van der Waals surface area (Å²) in [6, 6.07) is 11.8. The minimum atomic E-state index is -0.427. The quantitative estimate of drug-likeness (QED) is 0.682. The fourth-order valence-corrected chi connectivity index (χ4v) is 2.61. The van der Waals surface area contributed by atoms with E-state index in [2.05, 4.69) is 21.1 Å². The summed E-state index contributed by atoms with van der Waals surface area (Å²) in [6.45, 7) is 0. The molecule has 0 unspecified atom stereocenters. The lowest BCUT2D eigenvalue weighted by Crippen LogP contribution is -1.90. The zero-order valence-electron chi connectivity index (χ0n) is 10.6. The van der Waals surface area contributed by atoms with Gasteiger partial charge >= 0.3 is 0 Å². The van der Waals surface area contributed by atoms with E-state index in [-0.39, 0.29) is 17.1 Å². The Hall–Kier alpha value is -1.85. The van der Waals surface area contributed by atoms with Crippen LogP contribution >= 0.6 is 27.5 Å². The zero-order chi connectivity index (χ0) is 15.0. The second kappa shape index (κ2) is 5.50. The van der Waals surface area contributed by atoms with E-state index in [1.165, 1.54) is 6.07 Å². The van der Waals surface area contributed by atoms with E-state index >= 15 is 0 Å². The second-order valence-corrected chi connectivity index (χ2v) is 5.76. The Morgan fingerprint density at radius 1 is 1.19 bits per heavy atom. The maximum Gasteiger partial charge on any atom is 0.179 e. The van der Waals surface area contributed by atoms with Crippen molar-refractivity contribution in [2.45, 2.75) is 0 Å². The van der Waals surface area contributed by atoms with Gasteiger partial charge in [0.15, 0.2) is 11.6 Å². The van der Waals surface area contributed by atoms with Gasteiger partial charge in [-0.1, -0.05) is 44.8 Å². The van der Waals surface area contributed by atoms with E-state index < -0.39 is 5.82 Å². The van der Waals surface area contributed by atoms with Crippen molar-refractivity contribution in [3.05, 3.63) is 57.8 Å². The molecule has 21 heavy (non-hydrogen) atoms. The molecule has 2 aromatic carbocycles. The first-order chi connectivity index (χ1) is 10.1. The number of rotatable bonds is 2. The largest absolute Gasteiger partial charge is 0.380 e. The normalized spacial score (nSPS) is 10.8. The molecular formula is C15H9BrClFN2O. The SMILES string of the molecule is Nc1noc(-c2ccc(Br)cc2F)c1-c1cccc(Cl)c1. The first-order valence-corrected chi connectivity index (χ1v) is 7.20.